The second-order valence-corrected chi connectivity index (χ2v) is 6.74. The summed E-state index contributed by atoms with van der Waals surface area (Å²) in [4.78, 5) is 31.9. The fraction of sp³-hybridized carbons (Fsp3) is 0.526. The maximum Gasteiger partial charge on any atom is 0.409 e. The Morgan fingerprint density at radius 3 is 2.34 bits per heavy atom. The van der Waals surface area contributed by atoms with E-state index in [9.17, 15) is 9.59 Å². The molecule has 8 nitrogen and oxygen atoms in total. The number of amides is 2. The van der Waals surface area contributed by atoms with Gasteiger partial charge in [-0.15, -0.1) is 24.0 Å². The molecular weight excluding hydrogens is 509 g/mol. The van der Waals surface area contributed by atoms with Crippen molar-refractivity contribution in [2.75, 3.05) is 51.7 Å². The Hall–Kier alpha value is -1.75. The topological polar surface area (TPSA) is 86.3 Å². The molecule has 1 aliphatic rings. The van der Waals surface area contributed by atoms with Gasteiger partial charge in [-0.05, 0) is 37.6 Å². The first-order valence-electron chi connectivity index (χ1n) is 9.46. The normalized spacial score (nSPS) is 14.1. The Morgan fingerprint density at radius 2 is 1.76 bits per heavy atom. The zero-order chi connectivity index (χ0) is 20.4. The summed E-state index contributed by atoms with van der Waals surface area (Å²) in [7, 11) is 1.73. The first-order valence-corrected chi connectivity index (χ1v) is 9.84. The number of hydrogen-bond acceptors (Lipinski definition) is 4. The average Bonchev–Trinajstić information content (AvgIpc) is 2.70. The number of aliphatic imine (C=N–C) groups is 1. The molecule has 29 heavy (non-hydrogen) atoms. The van der Waals surface area contributed by atoms with Gasteiger partial charge in [0.15, 0.2) is 5.96 Å². The predicted molar refractivity (Wildman–Crippen MR) is 126 cm³/mol. The van der Waals surface area contributed by atoms with E-state index < -0.39 is 0 Å². The lowest BCUT2D eigenvalue weighted by molar-refractivity contribution is -0.116. The summed E-state index contributed by atoms with van der Waals surface area (Å²) in [6.07, 6.45) is 0.821. The van der Waals surface area contributed by atoms with Crippen LogP contribution in [0.2, 0.25) is 5.02 Å². The lowest BCUT2D eigenvalue weighted by Crippen LogP contribution is -2.54. The van der Waals surface area contributed by atoms with Gasteiger partial charge in [0.05, 0.1) is 6.61 Å². The van der Waals surface area contributed by atoms with Gasteiger partial charge in [-0.1, -0.05) is 11.6 Å². The molecule has 0 aromatic heterocycles. The van der Waals surface area contributed by atoms with Gasteiger partial charge in [0.25, 0.3) is 0 Å². The van der Waals surface area contributed by atoms with Gasteiger partial charge >= 0.3 is 6.09 Å². The third-order valence-electron chi connectivity index (χ3n) is 4.31. The number of carbonyl (C=O) groups excluding carboxylic acids is 2. The number of halogens is 2. The second kappa shape index (κ2) is 13.5. The number of carbonyl (C=O) groups is 2. The highest BCUT2D eigenvalue weighted by molar-refractivity contribution is 14.0. The number of hydrogen-bond donors (Lipinski definition) is 2. The number of rotatable bonds is 6. The van der Waals surface area contributed by atoms with E-state index >= 15 is 0 Å². The standard InChI is InChI=1S/C19H28ClN5O3.HI/c1-3-28-19(27)25-13-11-24(12-14-25)18(21-2)22-10-4-5-17(26)23-16-8-6-15(20)7-9-16;/h6-9H,3-5,10-14H2,1-2H3,(H,21,22)(H,23,26);1H. The van der Waals surface area contributed by atoms with E-state index in [1.807, 2.05) is 0 Å². The van der Waals surface area contributed by atoms with Crippen molar-refractivity contribution >= 4 is 59.2 Å². The van der Waals surface area contributed by atoms with Gasteiger partial charge < -0.3 is 25.2 Å². The fourth-order valence-electron chi connectivity index (χ4n) is 2.85. The van der Waals surface area contributed by atoms with Crippen LogP contribution in [-0.2, 0) is 9.53 Å². The second-order valence-electron chi connectivity index (χ2n) is 6.31. The van der Waals surface area contributed by atoms with Gasteiger partial charge in [0.2, 0.25) is 5.91 Å². The zero-order valence-electron chi connectivity index (χ0n) is 16.8. The van der Waals surface area contributed by atoms with Gasteiger partial charge in [-0.25, -0.2) is 4.79 Å². The number of benzene rings is 1. The molecule has 0 bridgehead atoms. The highest BCUT2D eigenvalue weighted by Crippen LogP contribution is 2.13. The van der Waals surface area contributed by atoms with Crippen molar-refractivity contribution in [3.8, 4) is 0 Å². The molecule has 0 spiro atoms. The third kappa shape index (κ3) is 8.65. The van der Waals surface area contributed by atoms with E-state index in [2.05, 4.69) is 20.5 Å². The lowest BCUT2D eigenvalue weighted by atomic mass is 10.2. The Morgan fingerprint density at radius 1 is 1.14 bits per heavy atom. The van der Waals surface area contributed by atoms with Crippen LogP contribution < -0.4 is 10.6 Å². The number of guanidine groups is 1. The van der Waals surface area contributed by atoms with Crippen molar-refractivity contribution < 1.29 is 14.3 Å². The molecule has 1 heterocycles. The maximum absolute atomic E-state index is 12.0. The summed E-state index contributed by atoms with van der Waals surface area (Å²) in [6, 6.07) is 7.03. The van der Waals surface area contributed by atoms with Crippen LogP contribution in [0, 0.1) is 0 Å². The van der Waals surface area contributed by atoms with Gasteiger partial charge in [-0.2, -0.15) is 0 Å². The minimum atomic E-state index is -0.267. The molecule has 0 aliphatic carbocycles. The Bertz CT molecular complexity index is 679. The van der Waals surface area contributed by atoms with Crippen molar-refractivity contribution in [2.24, 2.45) is 4.99 Å². The largest absolute Gasteiger partial charge is 0.450 e. The molecule has 162 valence electrons. The molecule has 10 heteroatoms. The summed E-state index contributed by atoms with van der Waals surface area (Å²) >= 11 is 5.83. The number of nitrogens with one attached hydrogen (secondary N) is 2. The molecule has 1 aliphatic heterocycles. The summed E-state index contributed by atoms with van der Waals surface area (Å²) < 4.78 is 5.03. The van der Waals surface area contributed by atoms with E-state index in [1.54, 1.807) is 43.1 Å². The SMILES string of the molecule is CCOC(=O)N1CCN(C(=NC)NCCCC(=O)Nc2ccc(Cl)cc2)CC1.I. The number of ether oxygens (including phenoxy) is 1. The first-order chi connectivity index (χ1) is 13.5. The van der Waals surface area contributed by atoms with E-state index in [0.717, 1.165) is 11.6 Å². The molecule has 0 atom stereocenters. The Labute approximate surface area is 194 Å². The third-order valence-corrected chi connectivity index (χ3v) is 4.56. The minimum Gasteiger partial charge on any atom is -0.450 e. The monoisotopic (exact) mass is 537 g/mol. The molecule has 1 saturated heterocycles. The van der Waals surface area contributed by atoms with Crippen molar-refractivity contribution in [3.63, 3.8) is 0 Å². The average molecular weight is 538 g/mol. The maximum atomic E-state index is 12.0. The molecule has 2 amide bonds. The Balaban J connectivity index is 0.00000420. The van der Waals surface area contributed by atoms with Crippen molar-refractivity contribution in [2.45, 2.75) is 19.8 Å². The van der Waals surface area contributed by atoms with Crippen LogP contribution in [0.25, 0.3) is 0 Å². The van der Waals surface area contributed by atoms with E-state index in [0.29, 0.717) is 57.2 Å². The molecule has 0 unspecified atom stereocenters. The molecule has 0 saturated carbocycles. The smallest absolute Gasteiger partial charge is 0.409 e. The van der Waals surface area contributed by atoms with Crippen LogP contribution in [-0.4, -0.2) is 74.1 Å². The quantitative estimate of drug-likeness (QED) is 0.252. The van der Waals surface area contributed by atoms with E-state index in [1.165, 1.54) is 0 Å². The molecule has 0 radical (unpaired) electrons. The molecule has 1 aromatic rings. The van der Waals surface area contributed by atoms with Crippen LogP contribution in [0.1, 0.15) is 19.8 Å². The molecule has 2 N–H and O–H groups in total. The number of piperazine rings is 1. The van der Waals surface area contributed by atoms with Crippen LogP contribution in [0.4, 0.5) is 10.5 Å². The van der Waals surface area contributed by atoms with Crippen molar-refractivity contribution in [3.05, 3.63) is 29.3 Å². The summed E-state index contributed by atoms with van der Waals surface area (Å²) in [5, 5.41) is 6.76. The summed E-state index contributed by atoms with van der Waals surface area (Å²) in [5.41, 5.74) is 0.734. The number of nitrogens with zero attached hydrogens (tertiary/aromatic N) is 3. The fourth-order valence-corrected chi connectivity index (χ4v) is 2.98. The minimum absolute atomic E-state index is 0. The lowest BCUT2D eigenvalue weighted by Gasteiger charge is -2.35. The molecular formula is C19H29ClIN5O3. The van der Waals surface area contributed by atoms with Crippen molar-refractivity contribution in [1.29, 1.82) is 0 Å². The van der Waals surface area contributed by atoms with Crippen LogP contribution in [0.5, 0.6) is 0 Å². The van der Waals surface area contributed by atoms with Gasteiger partial charge in [0.1, 0.15) is 0 Å². The van der Waals surface area contributed by atoms with Crippen LogP contribution in [0.3, 0.4) is 0 Å². The van der Waals surface area contributed by atoms with E-state index in [4.69, 9.17) is 16.3 Å². The summed E-state index contributed by atoms with van der Waals surface area (Å²) in [5.74, 6) is 0.740. The molecule has 1 fully saturated rings. The molecule has 2 rings (SSSR count). The first kappa shape index (κ1) is 25.3. The zero-order valence-corrected chi connectivity index (χ0v) is 19.9. The predicted octanol–water partition coefficient (Wildman–Crippen LogP) is 3.03. The van der Waals surface area contributed by atoms with Crippen LogP contribution >= 0.6 is 35.6 Å². The highest BCUT2D eigenvalue weighted by atomic mass is 127. The van der Waals surface area contributed by atoms with Crippen molar-refractivity contribution in [1.82, 2.24) is 15.1 Å². The Kier molecular flexibility index (Phi) is 11.7. The van der Waals surface area contributed by atoms with Crippen LogP contribution in [0.15, 0.2) is 29.3 Å². The van der Waals surface area contributed by atoms with Gasteiger partial charge in [0, 0.05) is 56.9 Å². The summed E-state index contributed by atoms with van der Waals surface area (Å²) in [6.45, 7) is 5.40. The van der Waals surface area contributed by atoms with Gasteiger partial charge in [-0.3, -0.25) is 9.79 Å². The number of anilines is 1. The highest BCUT2D eigenvalue weighted by Gasteiger charge is 2.23. The molecule has 1 aromatic carbocycles. The van der Waals surface area contributed by atoms with E-state index in [-0.39, 0.29) is 36.0 Å².